The lowest BCUT2D eigenvalue weighted by molar-refractivity contribution is -0.126. The summed E-state index contributed by atoms with van der Waals surface area (Å²) in [6.45, 7) is 6.18. The SMILES string of the molecule is CC(C)(C)NC(=S)NNC(=O)[C@@H]1CCCN(S(=O)(=O)c2ccc(F)cc2)C1. The molecule has 0 bridgehead atoms. The molecule has 1 aromatic carbocycles. The molecule has 150 valence electrons. The van der Waals surface area contributed by atoms with Crippen LogP contribution in [0.1, 0.15) is 33.6 Å². The number of rotatable bonds is 3. The van der Waals surface area contributed by atoms with Crippen molar-refractivity contribution >= 4 is 33.3 Å². The Kier molecular flexibility index (Phi) is 6.77. The molecule has 0 spiro atoms. The molecule has 0 aliphatic carbocycles. The van der Waals surface area contributed by atoms with E-state index in [1.807, 2.05) is 20.8 Å². The number of carbonyl (C=O) groups excluding carboxylic acids is 1. The molecule has 0 saturated carbocycles. The fourth-order valence-electron chi connectivity index (χ4n) is 2.72. The lowest BCUT2D eigenvalue weighted by Gasteiger charge is -2.31. The first-order valence-corrected chi connectivity index (χ1v) is 10.5. The second-order valence-corrected chi connectivity index (χ2v) is 9.82. The number of hydrogen-bond donors (Lipinski definition) is 3. The van der Waals surface area contributed by atoms with Gasteiger partial charge < -0.3 is 5.32 Å². The van der Waals surface area contributed by atoms with Gasteiger partial charge >= 0.3 is 0 Å². The molecule has 1 atom stereocenters. The van der Waals surface area contributed by atoms with Crippen LogP contribution in [-0.4, -0.2) is 42.4 Å². The van der Waals surface area contributed by atoms with Crippen molar-refractivity contribution in [2.45, 2.75) is 44.0 Å². The zero-order valence-electron chi connectivity index (χ0n) is 15.6. The van der Waals surface area contributed by atoms with Crippen molar-refractivity contribution in [1.29, 1.82) is 0 Å². The summed E-state index contributed by atoms with van der Waals surface area (Å²) < 4.78 is 39.7. The summed E-state index contributed by atoms with van der Waals surface area (Å²) in [5, 5.41) is 3.29. The summed E-state index contributed by atoms with van der Waals surface area (Å²) in [4.78, 5) is 12.4. The summed E-state index contributed by atoms with van der Waals surface area (Å²) in [6, 6.07) is 4.67. The van der Waals surface area contributed by atoms with Crippen molar-refractivity contribution in [2.24, 2.45) is 5.92 Å². The normalized spacial score (nSPS) is 18.6. The van der Waals surface area contributed by atoms with E-state index >= 15 is 0 Å². The molecule has 1 heterocycles. The van der Waals surface area contributed by atoms with Gasteiger partial charge in [-0.2, -0.15) is 4.31 Å². The first-order chi connectivity index (χ1) is 12.5. The van der Waals surface area contributed by atoms with Crippen LogP contribution >= 0.6 is 12.2 Å². The second-order valence-electron chi connectivity index (χ2n) is 7.47. The predicted molar refractivity (Wildman–Crippen MR) is 105 cm³/mol. The molecule has 10 heteroatoms. The largest absolute Gasteiger partial charge is 0.357 e. The number of carbonyl (C=O) groups is 1. The van der Waals surface area contributed by atoms with Gasteiger partial charge in [-0.25, -0.2) is 12.8 Å². The molecule has 1 aromatic rings. The lowest BCUT2D eigenvalue weighted by atomic mass is 9.99. The molecular formula is C17H25FN4O3S2. The van der Waals surface area contributed by atoms with Gasteiger partial charge in [-0.1, -0.05) is 0 Å². The molecule has 1 amide bonds. The molecule has 0 radical (unpaired) electrons. The van der Waals surface area contributed by atoms with Crippen molar-refractivity contribution in [3.05, 3.63) is 30.1 Å². The maximum Gasteiger partial charge on any atom is 0.243 e. The Morgan fingerprint density at radius 3 is 2.44 bits per heavy atom. The van der Waals surface area contributed by atoms with Gasteiger partial charge in [0.2, 0.25) is 15.9 Å². The quantitative estimate of drug-likeness (QED) is 0.511. The smallest absolute Gasteiger partial charge is 0.243 e. The number of nitrogens with one attached hydrogen (secondary N) is 3. The van der Waals surface area contributed by atoms with Gasteiger partial charge in [-0.05, 0) is 70.1 Å². The van der Waals surface area contributed by atoms with E-state index in [9.17, 15) is 17.6 Å². The zero-order valence-corrected chi connectivity index (χ0v) is 17.2. The van der Waals surface area contributed by atoms with E-state index in [0.29, 0.717) is 19.4 Å². The minimum absolute atomic E-state index is 0.0126. The van der Waals surface area contributed by atoms with Crippen LogP contribution in [-0.2, 0) is 14.8 Å². The highest BCUT2D eigenvalue weighted by atomic mass is 32.2. The van der Waals surface area contributed by atoms with Crippen molar-refractivity contribution in [3.63, 3.8) is 0 Å². The third-order valence-electron chi connectivity index (χ3n) is 3.99. The topological polar surface area (TPSA) is 90.5 Å². The molecule has 1 aliphatic heterocycles. The van der Waals surface area contributed by atoms with Gasteiger partial charge in [-0.3, -0.25) is 15.6 Å². The summed E-state index contributed by atoms with van der Waals surface area (Å²) >= 11 is 5.10. The van der Waals surface area contributed by atoms with Crippen LogP contribution in [0, 0.1) is 11.7 Å². The van der Waals surface area contributed by atoms with Crippen LogP contribution in [0.5, 0.6) is 0 Å². The van der Waals surface area contributed by atoms with Gasteiger partial charge in [0.1, 0.15) is 5.82 Å². The van der Waals surface area contributed by atoms with Gasteiger partial charge in [0.25, 0.3) is 0 Å². The van der Waals surface area contributed by atoms with Gasteiger partial charge in [0.05, 0.1) is 10.8 Å². The van der Waals surface area contributed by atoms with E-state index < -0.39 is 21.8 Å². The van der Waals surface area contributed by atoms with Gasteiger partial charge in [0.15, 0.2) is 5.11 Å². The van der Waals surface area contributed by atoms with Crippen molar-refractivity contribution in [2.75, 3.05) is 13.1 Å². The minimum Gasteiger partial charge on any atom is -0.357 e. The monoisotopic (exact) mass is 416 g/mol. The highest BCUT2D eigenvalue weighted by Gasteiger charge is 2.33. The number of hydrazine groups is 1. The number of thiocarbonyl (C=S) groups is 1. The van der Waals surface area contributed by atoms with Crippen LogP contribution in [0.25, 0.3) is 0 Å². The highest BCUT2D eigenvalue weighted by molar-refractivity contribution is 7.89. The zero-order chi connectivity index (χ0) is 20.2. The molecule has 7 nitrogen and oxygen atoms in total. The highest BCUT2D eigenvalue weighted by Crippen LogP contribution is 2.24. The molecule has 2 rings (SSSR count). The van der Waals surface area contributed by atoms with Crippen LogP contribution in [0.2, 0.25) is 0 Å². The van der Waals surface area contributed by atoms with Gasteiger partial charge in [-0.15, -0.1) is 0 Å². The van der Waals surface area contributed by atoms with Crippen LogP contribution in [0.3, 0.4) is 0 Å². The molecule has 3 N–H and O–H groups in total. The Morgan fingerprint density at radius 2 is 1.85 bits per heavy atom. The van der Waals surface area contributed by atoms with E-state index in [2.05, 4.69) is 16.2 Å². The van der Waals surface area contributed by atoms with E-state index in [-0.39, 0.29) is 28.0 Å². The first-order valence-electron chi connectivity index (χ1n) is 8.63. The minimum atomic E-state index is -3.77. The Morgan fingerprint density at radius 1 is 1.22 bits per heavy atom. The van der Waals surface area contributed by atoms with E-state index in [1.165, 1.54) is 16.4 Å². The summed E-state index contributed by atoms with van der Waals surface area (Å²) in [5.74, 6) is -1.33. The third-order valence-corrected chi connectivity index (χ3v) is 6.08. The number of piperidine rings is 1. The molecule has 27 heavy (non-hydrogen) atoms. The fraction of sp³-hybridized carbons (Fsp3) is 0.529. The fourth-order valence-corrected chi connectivity index (χ4v) is 4.60. The molecule has 0 aromatic heterocycles. The summed E-state index contributed by atoms with van der Waals surface area (Å²) in [6.07, 6.45) is 1.13. The third kappa shape index (κ3) is 6.12. The Hall–Kier alpha value is -1.78. The average molecular weight is 417 g/mol. The number of hydrogen-bond acceptors (Lipinski definition) is 4. The first kappa shape index (κ1) is 21.5. The van der Waals surface area contributed by atoms with Crippen molar-refractivity contribution in [3.8, 4) is 0 Å². The van der Waals surface area contributed by atoms with Gasteiger partial charge in [0, 0.05) is 18.6 Å². The van der Waals surface area contributed by atoms with Crippen LogP contribution in [0.15, 0.2) is 29.2 Å². The van der Waals surface area contributed by atoms with Crippen molar-refractivity contribution in [1.82, 2.24) is 20.5 Å². The van der Waals surface area contributed by atoms with E-state index in [1.54, 1.807) is 0 Å². The average Bonchev–Trinajstić information content (AvgIpc) is 2.58. The maximum absolute atomic E-state index is 13.1. The molecule has 1 aliphatic rings. The second kappa shape index (κ2) is 8.49. The van der Waals surface area contributed by atoms with Crippen LogP contribution < -0.4 is 16.2 Å². The van der Waals surface area contributed by atoms with Crippen molar-refractivity contribution < 1.29 is 17.6 Å². The number of halogens is 1. The van der Waals surface area contributed by atoms with Crippen LogP contribution in [0.4, 0.5) is 4.39 Å². The Labute approximate surface area is 164 Å². The number of sulfonamides is 1. The number of benzene rings is 1. The Balaban J connectivity index is 1.97. The molecular weight excluding hydrogens is 391 g/mol. The van der Waals surface area contributed by atoms with E-state index in [0.717, 1.165) is 12.1 Å². The predicted octanol–water partition coefficient (Wildman–Crippen LogP) is 1.52. The summed E-state index contributed by atoms with van der Waals surface area (Å²) in [7, 11) is -3.77. The number of amides is 1. The molecule has 1 fully saturated rings. The Bertz CT molecular complexity index is 791. The number of nitrogens with zero attached hydrogens (tertiary/aromatic N) is 1. The molecule has 1 saturated heterocycles. The maximum atomic E-state index is 13.1. The lowest BCUT2D eigenvalue weighted by Crippen LogP contribution is -2.54. The molecule has 0 unspecified atom stereocenters. The standard InChI is InChI=1S/C17H25FN4O3S2/c1-17(2,3)19-16(26)21-20-15(23)12-5-4-10-22(11-12)27(24,25)14-8-6-13(18)7-9-14/h6-9,12H,4-5,10-11H2,1-3H3,(H,20,23)(H2,19,21,26)/t12-/m1/s1. The van der Waals surface area contributed by atoms with E-state index in [4.69, 9.17) is 12.2 Å². The summed E-state index contributed by atoms with van der Waals surface area (Å²) in [5.41, 5.74) is 4.92.